The summed E-state index contributed by atoms with van der Waals surface area (Å²) in [7, 11) is 2.00. The molecule has 17 heavy (non-hydrogen) atoms. The second-order valence-corrected chi connectivity index (χ2v) is 4.19. The van der Waals surface area contributed by atoms with Crippen LogP contribution in [0.4, 0.5) is 5.82 Å². The molecule has 0 saturated carbocycles. The van der Waals surface area contributed by atoms with E-state index in [-0.39, 0.29) is 6.04 Å². The Morgan fingerprint density at radius 1 is 1.47 bits per heavy atom. The third kappa shape index (κ3) is 2.65. The van der Waals surface area contributed by atoms with Crippen LogP contribution in [0.25, 0.3) is 0 Å². The predicted molar refractivity (Wildman–Crippen MR) is 67.7 cm³/mol. The molecule has 2 N–H and O–H groups in total. The van der Waals surface area contributed by atoms with Crippen LogP contribution in [-0.4, -0.2) is 12.0 Å². The van der Waals surface area contributed by atoms with Crippen molar-refractivity contribution in [1.29, 1.82) is 0 Å². The highest BCUT2D eigenvalue weighted by Crippen LogP contribution is 2.22. The molecule has 2 rings (SSSR count). The SMILES string of the molecule is CC(N)c1cccnc1N(C)Cc1ccoc1. The zero-order valence-corrected chi connectivity index (χ0v) is 10.1. The first-order chi connectivity index (χ1) is 8.18. The fourth-order valence-electron chi connectivity index (χ4n) is 1.82. The van der Waals surface area contributed by atoms with Gasteiger partial charge in [-0.05, 0) is 19.1 Å². The van der Waals surface area contributed by atoms with Crippen LogP contribution in [0.2, 0.25) is 0 Å². The average molecular weight is 231 g/mol. The molecular formula is C13H17N3O. The van der Waals surface area contributed by atoms with Crippen molar-refractivity contribution in [3.63, 3.8) is 0 Å². The second-order valence-electron chi connectivity index (χ2n) is 4.19. The van der Waals surface area contributed by atoms with E-state index in [0.29, 0.717) is 0 Å². The van der Waals surface area contributed by atoms with Crippen molar-refractivity contribution in [3.05, 3.63) is 48.0 Å². The largest absolute Gasteiger partial charge is 0.472 e. The van der Waals surface area contributed by atoms with E-state index in [1.54, 1.807) is 18.7 Å². The van der Waals surface area contributed by atoms with Crippen LogP contribution in [0.15, 0.2) is 41.3 Å². The molecular weight excluding hydrogens is 214 g/mol. The molecule has 2 heterocycles. The normalized spacial score (nSPS) is 12.4. The van der Waals surface area contributed by atoms with Gasteiger partial charge in [-0.2, -0.15) is 0 Å². The van der Waals surface area contributed by atoms with E-state index < -0.39 is 0 Å². The number of nitrogens with zero attached hydrogens (tertiary/aromatic N) is 2. The minimum Gasteiger partial charge on any atom is -0.472 e. The van der Waals surface area contributed by atoms with E-state index in [1.165, 1.54) is 0 Å². The van der Waals surface area contributed by atoms with Gasteiger partial charge in [-0.3, -0.25) is 0 Å². The molecule has 90 valence electrons. The molecule has 0 bridgehead atoms. The average Bonchev–Trinajstić information content (AvgIpc) is 2.81. The highest BCUT2D eigenvalue weighted by Gasteiger charge is 2.12. The summed E-state index contributed by atoms with van der Waals surface area (Å²) in [5, 5.41) is 0. The van der Waals surface area contributed by atoms with Crippen molar-refractivity contribution in [1.82, 2.24) is 4.98 Å². The van der Waals surface area contributed by atoms with Gasteiger partial charge in [0.15, 0.2) is 0 Å². The van der Waals surface area contributed by atoms with Gasteiger partial charge in [-0.1, -0.05) is 6.07 Å². The highest BCUT2D eigenvalue weighted by molar-refractivity contribution is 5.47. The molecule has 0 fully saturated rings. The van der Waals surface area contributed by atoms with E-state index in [1.807, 2.05) is 32.2 Å². The number of hydrogen-bond acceptors (Lipinski definition) is 4. The molecule has 0 spiro atoms. The Morgan fingerprint density at radius 2 is 2.29 bits per heavy atom. The summed E-state index contributed by atoms with van der Waals surface area (Å²) in [4.78, 5) is 6.47. The summed E-state index contributed by atoms with van der Waals surface area (Å²) < 4.78 is 5.06. The molecule has 0 aromatic carbocycles. The lowest BCUT2D eigenvalue weighted by Crippen LogP contribution is -2.21. The van der Waals surface area contributed by atoms with Crippen LogP contribution >= 0.6 is 0 Å². The molecule has 0 radical (unpaired) electrons. The first-order valence-corrected chi connectivity index (χ1v) is 5.61. The molecule has 4 nitrogen and oxygen atoms in total. The third-order valence-electron chi connectivity index (χ3n) is 2.67. The molecule has 2 aromatic heterocycles. The molecule has 0 amide bonds. The van der Waals surface area contributed by atoms with Crippen molar-refractivity contribution < 1.29 is 4.42 Å². The number of nitrogens with two attached hydrogens (primary N) is 1. The van der Waals surface area contributed by atoms with E-state index in [2.05, 4.69) is 9.88 Å². The fourth-order valence-corrected chi connectivity index (χ4v) is 1.82. The number of aromatic nitrogens is 1. The van der Waals surface area contributed by atoms with Crippen LogP contribution < -0.4 is 10.6 Å². The molecule has 4 heteroatoms. The first kappa shape index (κ1) is 11.7. The number of anilines is 1. The Balaban J connectivity index is 2.21. The Bertz CT molecular complexity index is 465. The van der Waals surface area contributed by atoms with E-state index in [0.717, 1.165) is 23.5 Å². The van der Waals surface area contributed by atoms with Crippen LogP contribution in [0, 0.1) is 0 Å². The molecule has 2 aromatic rings. The predicted octanol–water partition coefficient (Wildman–Crippen LogP) is 2.33. The zero-order valence-electron chi connectivity index (χ0n) is 10.1. The van der Waals surface area contributed by atoms with Crippen LogP contribution in [-0.2, 0) is 6.54 Å². The van der Waals surface area contributed by atoms with Gasteiger partial charge in [0.2, 0.25) is 0 Å². The summed E-state index contributed by atoms with van der Waals surface area (Å²) in [6.45, 7) is 2.72. The second kappa shape index (κ2) is 5.01. The van der Waals surface area contributed by atoms with E-state index in [9.17, 15) is 0 Å². The minimum atomic E-state index is -0.0227. The molecule has 0 aliphatic carbocycles. The summed E-state index contributed by atoms with van der Waals surface area (Å²) in [5.74, 6) is 0.920. The van der Waals surface area contributed by atoms with Crippen LogP contribution in [0.5, 0.6) is 0 Å². The maximum absolute atomic E-state index is 5.94. The minimum absolute atomic E-state index is 0.0227. The van der Waals surface area contributed by atoms with Crippen molar-refractivity contribution in [2.75, 3.05) is 11.9 Å². The number of hydrogen-bond donors (Lipinski definition) is 1. The standard InChI is InChI=1S/C13H17N3O/c1-10(14)12-4-3-6-15-13(12)16(2)8-11-5-7-17-9-11/h3-7,9-10H,8,14H2,1-2H3. The monoisotopic (exact) mass is 231 g/mol. The number of rotatable bonds is 4. The van der Waals surface area contributed by atoms with Gasteiger partial charge in [0.05, 0.1) is 12.5 Å². The van der Waals surface area contributed by atoms with Crippen LogP contribution in [0.1, 0.15) is 24.1 Å². The Hall–Kier alpha value is -1.81. The van der Waals surface area contributed by atoms with Crippen molar-refractivity contribution in [3.8, 4) is 0 Å². The van der Waals surface area contributed by atoms with E-state index in [4.69, 9.17) is 10.2 Å². The topological polar surface area (TPSA) is 55.3 Å². The number of pyridine rings is 1. The lowest BCUT2D eigenvalue weighted by Gasteiger charge is -2.21. The van der Waals surface area contributed by atoms with Gasteiger partial charge < -0.3 is 15.1 Å². The number of furan rings is 1. The summed E-state index contributed by atoms with van der Waals surface area (Å²) in [5.41, 5.74) is 8.11. The first-order valence-electron chi connectivity index (χ1n) is 5.61. The Kier molecular flexibility index (Phi) is 3.44. The molecule has 0 aliphatic rings. The zero-order chi connectivity index (χ0) is 12.3. The van der Waals surface area contributed by atoms with E-state index >= 15 is 0 Å². The third-order valence-corrected chi connectivity index (χ3v) is 2.67. The van der Waals surface area contributed by atoms with Crippen molar-refractivity contribution in [2.45, 2.75) is 19.5 Å². The van der Waals surface area contributed by atoms with Crippen molar-refractivity contribution in [2.24, 2.45) is 5.73 Å². The molecule has 0 saturated heterocycles. The Morgan fingerprint density at radius 3 is 2.94 bits per heavy atom. The molecule has 1 atom stereocenters. The summed E-state index contributed by atoms with van der Waals surface area (Å²) in [6.07, 6.45) is 5.20. The van der Waals surface area contributed by atoms with Gasteiger partial charge in [0.1, 0.15) is 5.82 Å². The molecule has 1 unspecified atom stereocenters. The lowest BCUT2D eigenvalue weighted by atomic mass is 10.1. The van der Waals surface area contributed by atoms with Gasteiger partial charge in [0.25, 0.3) is 0 Å². The quantitative estimate of drug-likeness (QED) is 0.877. The lowest BCUT2D eigenvalue weighted by molar-refractivity contribution is 0.563. The van der Waals surface area contributed by atoms with Gasteiger partial charge >= 0.3 is 0 Å². The van der Waals surface area contributed by atoms with Gasteiger partial charge in [-0.25, -0.2) is 4.98 Å². The van der Waals surface area contributed by atoms with Crippen LogP contribution in [0.3, 0.4) is 0 Å². The van der Waals surface area contributed by atoms with Gasteiger partial charge in [0, 0.05) is 37.0 Å². The smallest absolute Gasteiger partial charge is 0.133 e. The Labute approximate surface area is 101 Å². The summed E-state index contributed by atoms with van der Waals surface area (Å²) >= 11 is 0. The summed E-state index contributed by atoms with van der Waals surface area (Å²) in [6, 6.07) is 5.85. The maximum atomic E-state index is 5.94. The molecule has 0 aliphatic heterocycles. The van der Waals surface area contributed by atoms with Crippen molar-refractivity contribution >= 4 is 5.82 Å². The fraction of sp³-hybridized carbons (Fsp3) is 0.308. The van der Waals surface area contributed by atoms with Gasteiger partial charge in [-0.15, -0.1) is 0 Å². The maximum Gasteiger partial charge on any atom is 0.133 e. The highest BCUT2D eigenvalue weighted by atomic mass is 16.3.